The molecule has 0 N–H and O–H groups in total. The molecule has 3 aromatic heterocycles. The van der Waals surface area contributed by atoms with Crippen molar-refractivity contribution in [3.8, 4) is 17.1 Å². The molecule has 5 heterocycles. The Morgan fingerprint density at radius 2 is 2.03 bits per heavy atom. The maximum absolute atomic E-state index is 15.1. The largest absolute Gasteiger partial charge is 0.616 e. The maximum Gasteiger partial charge on any atom is 0.224 e. The van der Waals surface area contributed by atoms with E-state index in [-0.39, 0.29) is 23.5 Å². The first-order chi connectivity index (χ1) is 15.2. The molecule has 1 unspecified atom stereocenters. The minimum Gasteiger partial charge on any atom is -0.616 e. The van der Waals surface area contributed by atoms with Gasteiger partial charge in [0, 0.05) is 18.6 Å². The Morgan fingerprint density at radius 1 is 1.25 bits per heavy atom. The van der Waals surface area contributed by atoms with E-state index in [1.54, 1.807) is 6.26 Å². The van der Waals surface area contributed by atoms with Crippen molar-refractivity contribution < 1.29 is 18.4 Å². The third-order valence-electron chi connectivity index (χ3n) is 6.46. The van der Waals surface area contributed by atoms with Crippen LogP contribution < -0.4 is 9.64 Å². The summed E-state index contributed by atoms with van der Waals surface area (Å²) in [6.45, 7) is 7.26. The lowest BCUT2D eigenvalue weighted by Crippen LogP contribution is -2.56. The average molecular weight is 460 g/mol. The number of aromatic nitrogens is 4. The van der Waals surface area contributed by atoms with Gasteiger partial charge in [0.15, 0.2) is 22.1 Å². The summed E-state index contributed by atoms with van der Waals surface area (Å²) < 4.78 is 40.7. The summed E-state index contributed by atoms with van der Waals surface area (Å²) in [5.74, 6) is 0.658. The molecule has 0 aliphatic carbocycles. The van der Waals surface area contributed by atoms with Crippen molar-refractivity contribution in [1.29, 1.82) is 0 Å². The molecule has 0 aromatic carbocycles. The van der Waals surface area contributed by atoms with E-state index in [1.807, 2.05) is 37.7 Å². The smallest absolute Gasteiger partial charge is 0.224 e. The van der Waals surface area contributed by atoms with Gasteiger partial charge in [0.1, 0.15) is 12.3 Å². The molecule has 170 valence electrons. The minimum absolute atomic E-state index is 0.00687. The highest BCUT2D eigenvalue weighted by Crippen LogP contribution is 2.45. The van der Waals surface area contributed by atoms with Gasteiger partial charge < -0.3 is 23.5 Å². The highest BCUT2D eigenvalue weighted by molar-refractivity contribution is 7.91. The number of nitrogens with zero attached hydrogens (tertiary/aromatic N) is 5. The predicted molar refractivity (Wildman–Crippen MR) is 121 cm³/mol. The summed E-state index contributed by atoms with van der Waals surface area (Å²) in [6, 6.07) is 1.88. The van der Waals surface area contributed by atoms with E-state index in [0.717, 1.165) is 5.52 Å². The molecule has 0 amide bonds. The zero-order valence-corrected chi connectivity index (χ0v) is 19.6. The van der Waals surface area contributed by atoms with Crippen LogP contribution in [0.4, 0.5) is 10.2 Å². The number of halogens is 1. The molecule has 0 saturated carbocycles. The molecule has 1 saturated heterocycles. The summed E-state index contributed by atoms with van der Waals surface area (Å²) in [5.41, 5.74) is 1.51. The van der Waals surface area contributed by atoms with Gasteiger partial charge in [0.05, 0.1) is 48.8 Å². The lowest BCUT2D eigenvalue weighted by molar-refractivity contribution is 0.0482. The molecule has 3 aromatic rings. The number of fused-ring (bicyclic) bond motifs is 4. The topological polar surface area (TPSA) is 88.4 Å². The molecule has 0 spiro atoms. The van der Waals surface area contributed by atoms with E-state index in [4.69, 9.17) is 19.4 Å². The van der Waals surface area contributed by atoms with Crippen LogP contribution in [0.15, 0.2) is 18.5 Å². The monoisotopic (exact) mass is 459 g/mol. The standard InChI is InChI=1S/C22H26FN5O3S/c1-12-9-30-10-13-11-31-17-18(22(2,3)32(5)29)25-20(26-21(17)28(12)13)16-14-6-7-27(4)15(14)8-24-19(16)23/h6-8,12-13H,9-11H2,1-5H3/t12-,13+,32?/m1/s1. The van der Waals surface area contributed by atoms with Crippen molar-refractivity contribution in [2.24, 2.45) is 7.05 Å². The fourth-order valence-electron chi connectivity index (χ4n) is 4.41. The van der Waals surface area contributed by atoms with E-state index in [2.05, 4.69) is 16.8 Å². The SMILES string of the molecule is C[C@@H]1COC[C@H]2COc3c(nc(-c4c(F)ncc5c4ccn5C)nc3C(C)(C)[S+](C)[O-])N21. The molecular formula is C22H26FN5O3S. The minimum atomic E-state index is -1.26. The molecule has 0 radical (unpaired) electrons. The van der Waals surface area contributed by atoms with Gasteiger partial charge >= 0.3 is 0 Å². The highest BCUT2D eigenvalue weighted by atomic mass is 32.2. The van der Waals surface area contributed by atoms with Crippen LogP contribution in [0.25, 0.3) is 22.3 Å². The Bertz CT molecular complexity index is 1200. The van der Waals surface area contributed by atoms with E-state index in [1.165, 1.54) is 6.20 Å². The summed E-state index contributed by atoms with van der Waals surface area (Å²) in [4.78, 5) is 15.7. The van der Waals surface area contributed by atoms with Crippen molar-refractivity contribution in [3.63, 3.8) is 0 Å². The Hall–Kier alpha value is -2.43. The molecule has 5 rings (SSSR count). The number of ether oxygens (including phenoxy) is 2. The number of anilines is 1. The molecule has 10 heteroatoms. The maximum atomic E-state index is 15.1. The number of pyridine rings is 1. The Balaban J connectivity index is 1.81. The number of morpholine rings is 1. The van der Waals surface area contributed by atoms with E-state index in [0.29, 0.717) is 42.5 Å². The van der Waals surface area contributed by atoms with Crippen LogP contribution in [0.5, 0.6) is 5.75 Å². The normalized spacial score (nSPS) is 21.8. The number of hydrogen-bond acceptors (Lipinski definition) is 7. The Morgan fingerprint density at radius 3 is 2.78 bits per heavy atom. The second-order valence-corrected chi connectivity index (χ2v) is 10.8. The van der Waals surface area contributed by atoms with Gasteiger partial charge in [-0.15, -0.1) is 0 Å². The van der Waals surface area contributed by atoms with Crippen LogP contribution in [0.1, 0.15) is 26.5 Å². The third-order valence-corrected chi connectivity index (χ3v) is 8.09. The second kappa shape index (κ2) is 7.57. The van der Waals surface area contributed by atoms with Crippen molar-refractivity contribution in [3.05, 3.63) is 30.1 Å². The second-order valence-electron chi connectivity index (χ2n) is 8.92. The number of aryl methyl sites for hydroxylation is 1. The molecule has 1 fully saturated rings. The van der Waals surface area contributed by atoms with Crippen LogP contribution in [0.2, 0.25) is 0 Å². The van der Waals surface area contributed by atoms with E-state index >= 15 is 4.39 Å². The van der Waals surface area contributed by atoms with Crippen LogP contribution in [0.3, 0.4) is 0 Å². The number of hydrogen-bond donors (Lipinski definition) is 0. The first-order valence-electron chi connectivity index (χ1n) is 10.5. The van der Waals surface area contributed by atoms with Crippen LogP contribution in [-0.2, 0) is 27.7 Å². The van der Waals surface area contributed by atoms with Gasteiger partial charge in [-0.2, -0.15) is 4.39 Å². The molecular weight excluding hydrogens is 433 g/mol. The van der Waals surface area contributed by atoms with Gasteiger partial charge in [-0.3, -0.25) is 0 Å². The van der Waals surface area contributed by atoms with Crippen LogP contribution >= 0.6 is 0 Å². The summed E-state index contributed by atoms with van der Waals surface area (Å²) in [5, 5.41) is 0.671. The summed E-state index contributed by atoms with van der Waals surface area (Å²) >= 11 is -1.26. The Kier molecular flexibility index (Phi) is 5.06. The Labute approximate surface area is 188 Å². The predicted octanol–water partition coefficient (Wildman–Crippen LogP) is 2.77. The lowest BCUT2D eigenvalue weighted by Gasteiger charge is -2.45. The van der Waals surface area contributed by atoms with Crippen molar-refractivity contribution in [2.45, 2.75) is 37.6 Å². The van der Waals surface area contributed by atoms with Crippen LogP contribution in [-0.4, -0.2) is 62.2 Å². The first-order valence-corrected chi connectivity index (χ1v) is 12.1. The number of rotatable bonds is 3. The van der Waals surface area contributed by atoms with Gasteiger partial charge in [-0.05, 0) is 38.0 Å². The fraction of sp³-hybridized carbons (Fsp3) is 0.500. The summed E-state index contributed by atoms with van der Waals surface area (Å²) in [6.07, 6.45) is 4.99. The van der Waals surface area contributed by atoms with Gasteiger partial charge in [-0.1, -0.05) is 0 Å². The summed E-state index contributed by atoms with van der Waals surface area (Å²) in [7, 11) is 1.88. The third kappa shape index (κ3) is 3.15. The van der Waals surface area contributed by atoms with Gasteiger partial charge in [0.2, 0.25) is 5.95 Å². The average Bonchev–Trinajstić information content (AvgIpc) is 3.13. The first kappa shape index (κ1) is 21.4. The van der Waals surface area contributed by atoms with Crippen molar-refractivity contribution >= 4 is 27.9 Å². The van der Waals surface area contributed by atoms with E-state index < -0.39 is 21.9 Å². The van der Waals surface area contributed by atoms with Gasteiger partial charge in [0.25, 0.3) is 0 Å². The molecule has 3 atom stereocenters. The van der Waals surface area contributed by atoms with E-state index in [9.17, 15) is 4.55 Å². The van der Waals surface area contributed by atoms with Crippen molar-refractivity contribution in [1.82, 2.24) is 19.5 Å². The molecule has 0 bridgehead atoms. The fourth-order valence-corrected chi connectivity index (χ4v) is 4.82. The van der Waals surface area contributed by atoms with Crippen LogP contribution in [0, 0.1) is 5.95 Å². The molecule has 32 heavy (non-hydrogen) atoms. The zero-order valence-electron chi connectivity index (χ0n) is 18.8. The quantitative estimate of drug-likeness (QED) is 0.440. The zero-order chi connectivity index (χ0) is 22.8. The molecule has 2 aliphatic heterocycles. The van der Waals surface area contributed by atoms with Gasteiger partial charge in [-0.25, -0.2) is 15.0 Å². The highest BCUT2D eigenvalue weighted by Gasteiger charge is 2.44. The lowest BCUT2D eigenvalue weighted by atomic mass is 10.0. The molecule has 2 aliphatic rings. The van der Waals surface area contributed by atoms with Crippen molar-refractivity contribution in [2.75, 3.05) is 31.0 Å². The molecule has 8 nitrogen and oxygen atoms in total.